The summed E-state index contributed by atoms with van der Waals surface area (Å²) in [4.78, 5) is 62.7. The lowest BCUT2D eigenvalue weighted by Crippen LogP contribution is -2.35. The summed E-state index contributed by atoms with van der Waals surface area (Å²) < 4.78 is 0. The number of aliphatic imine (C=N–C) groups is 2. The number of phenols is 2. The summed E-state index contributed by atoms with van der Waals surface area (Å²) in [6, 6.07) is 10.2. The predicted molar refractivity (Wildman–Crippen MR) is 148 cm³/mol. The molecule has 0 atom stereocenters. The molecule has 12 nitrogen and oxygen atoms in total. The van der Waals surface area contributed by atoms with Gasteiger partial charge in [-0.1, -0.05) is 12.1 Å². The van der Waals surface area contributed by atoms with Gasteiger partial charge in [0.1, 0.15) is 11.5 Å². The molecule has 10 N–H and O–H groups in total. The normalized spacial score (nSPS) is 12.7. The maximum Gasteiger partial charge on any atom is 0.492 e. The Morgan fingerprint density at radius 1 is 0.632 bits per heavy atom. The van der Waals surface area contributed by atoms with Crippen LogP contribution in [0.15, 0.2) is 46.4 Å². The molecule has 0 unspecified atom stereocenters. The van der Waals surface area contributed by atoms with Crippen molar-refractivity contribution in [3.63, 3.8) is 0 Å². The molecule has 0 fully saturated rings. The van der Waals surface area contributed by atoms with E-state index < -0.39 is 17.6 Å². The maximum atomic E-state index is 10.1. The highest BCUT2D eigenvalue weighted by atomic mass is 28.4. The van der Waals surface area contributed by atoms with E-state index in [9.17, 15) is 10.2 Å². The van der Waals surface area contributed by atoms with Crippen molar-refractivity contribution < 1.29 is 39.0 Å². The second kappa shape index (κ2) is 15.8. The van der Waals surface area contributed by atoms with Gasteiger partial charge in [-0.2, -0.15) is 0 Å². The number of hydrogen-bond acceptors (Lipinski definition) is 12. The van der Waals surface area contributed by atoms with Crippen molar-refractivity contribution >= 4 is 30.0 Å². The smallest absolute Gasteiger partial charge is 0.492 e. The van der Waals surface area contributed by atoms with Crippen molar-refractivity contribution in [1.82, 2.24) is 10.6 Å². The number of phenolic OH excluding ortho intramolecular Hbond substituents is 2. The largest absolute Gasteiger partial charge is 0.507 e. The summed E-state index contributed by atoms with van der Waals surface area (Å²) in [6.45, 7) is 2.79. The highest BCUT2D eigenvalue weighted by molar-refractivity contribution is 6.56. The van der Waals surface area contributed by atoms with Crippen LogP contribution in [0.3, 0.4) is 0 Å². The Bertz CT molecular complexity index is 975. The van der Waals surface area contributed by atoms with E-state index in [0.717, 1.165) is 11.1 Å². The summed E-state index contributed by atoms with van der Waals surface area (Å²) in [5.74, 6) is 0.192. The van der Waals surface area contributed by atoms with Crippen molar-refractivity contribution in [2.24, 2.45) is 9.98 Å². The van der Waals surface area contributed by atoms with E-state index in [1.165, 1.54) is 0 Å². The lowest BCUT2D eigenvalue weighted by atomic mass is 10.1. The quantitative estimate of drug-likeness (QED) is 0.0669. The standard InChI is InChI=1S/C24H38N4O8Si2/c29-23-5-3-19(15-25-7-1-11-37(31,32)33)13-21(23)17-27-9-10-28-18-22-14-20(4-6-24(22)30)16-26-8-2-12-38(34,35)36/h3-6,13-14,17-18,25-26,29-36H,1-2,7-12,15-16H2. The lowest BCUT2D eigenvalue weighted by Gasteiger charge is -2.10. The van der Waals surface area contributed by atoms with Crippen molar-refractivity contribution in [2.75, 3.05) is 26.2 Å². The fourth-order valence-corrected chi connectivity index (χ4v) is 4.74. The minimum atomic E-state index is -4.00. The molecule has 0 aromatic heterocycles. The van der Waals surface area contributed by atoms with Gasteiger partial charge in [-0.25, -0.2) is 0 Å². The van der Waals surface area contributed by atoms with Crippen LogP contribution in [0.2, 0.25) is 12.1 Å². The predicted octanol–water partition coefficient (Wildman–Crippen LogP) is -0.573. The third-order valence-electron chi connectivity index (χ3n) is 5.39. The number of hydrogen-bond donors (Lipinski definition) is 10. The molecule has 0 aliphatic rings. The van der Waals surface area contributed by atoms with E-state index in [1.54, 1.807) is 48.8 Å². The monoisotopic (exact) mass is 566 g/mol. The molecule has 2 rings (SSSR count). The average molecular weight is 567 g/mol. The van der Waals surface area contributed by atoms with Gasteiger partial charge in [-0.05, 0) is 61.3 Å². The van der Waals surface area contributed by atoms with Gasteiger partial charge >= 0.3 is 17.6 Å². The van der Waals surface area contributed by atoms with Crippen LogP contribution in [0.4, 0.5) is 0 Å². The highest BCUT2D eigenvalue weighted by Crippen LogP contribution is 2.18. The average Bonchev–Trinajstić information content (AvgIpc) is 2.82. The van der Waals surface area contributed by atoms with E-state index in [2.05, 4.69) is 20.6 Å². The third kappa shape index (κ3) is 13.9. The first-order valence-electron chi connectivity index (χ1n) is 12.3. The van der Waals surface area contributed by atoms with Gasteiger partial charge in [0, 0.05) is 48.7 Å². The van der Waals surface area contributed by atoms with Crippen LogP contribution in [0.5, 0.6) is 11.5 Å². The fourth-order valence-electron chi connectivity index (χ4n) is 3.44. The van der Waals surface area contributed by atoms with Crippen LogP contribution in [-0.4, -0.2) is 95.2 Å². The molecule has 38 heavy (non-hydrogen) atoms. The zero-order valence-electron chi connectivity index (χ0n) is 21.2. The first-order valence-corrected chi connectivity index (χ1v) is 16.4. The molecule has 0 amide bonds. The highest BCUT2D eigenvalue weighted by Gasteiger charge is 2.25. The van der Waals surface area contributed by atoms with Crippen LogP contribution >= 0.6 is 0 Å². The SMILES string of the molecule is Oc1ccc(CNCCC[Si](O)(O)O)cc1C=NCCN=Cc1cc(CNCCC[Si](O)(O)O)ccc1O. The molecular formula is C24H38N4O8Si2. The minimum Gasteiger partial charge on any atom is -0.507 e. The lowest BCUT2D eigenvalue weighted by molar-refractivity contribution is 0.224. The Hall–Kier alpha value is -2.51. The number of nitrogens with zero attached hydrogens (tertiary/aromatic N) is 2. The van der Waals surface area contributed by atoms with Crippen LogP contribution in [0.1, 0.15) is 35.1 Å². The maximum absolute atomic E-state index is 10.1. The van der Waals surface area contributed by atoms with Gasteiger partial charge in [0.15, 0.2) is 0 Å². The molecule has 2 aromatic carbocycles. The van der Waals surface area contributed by atoms with Crippen molar-refractivity contribution in [2.45, 2.75) is 38.0 Å². The number of rotatable bonds is 17. The minimum absolute atomic E-state index is 0.0237. The number of nitrogens with one attached hydrogen (secondary N) is 2. The summed E-state index contributed by atoms with van der Waals surface area (Å²) in [5.41, 5.74) is 2.95. The number of aromatic hydroxyl groups is 2. The molecule has 0 radical (unpaired) electrons. The number of benzene rings is 2. The summed E-state index contributed by atoms with van der Waals surface area (Å²) in [5, 5.41) is 26.5. The topological polar surface area (TPSA) is 211 Å². The van der Waals surface area contributed by atoms with Gasteiger partial charge in [0.25, 0.3) is 0 Å². The van der Waals surface area contributed by atoms with Gasteiger partial charge in [-0.3, -0.25) is 9.98 Å². The molecule has 210 valence electrons. The molecule has 0 saturated heterocycles. The summed E-state index contributed by atoms with van der Waals surface area (Å²) in [7, 11) is -8.00. The van der Waals surface area contributed by atoms with E-state index in [1.807, 2.05) is 0 Å². The third-order valence-corrected chi connectivity index (χ3v) is 7.44. The molecule has 2 aromatic rings. The second-order valence-corrected chi connectivity index (χ2v) is 13.1. The molecule has 0 heterocycles. The van der Waals surface area contributed by atoms with E-state index in [4.69, 9.17) is 28.8 Å². The van der Waals surface area contributed by atoms with Crippen LogP contribution < -0.4 is 10.6 Å². The van der Waals surface area contributed by atoms with Crippen molar-refractivity contribution in [3.8, 4) is 11.5 Å². The van der Waals surface area contributed by atoms with E-state index >= 15 is 0 Å². The Morgan fingerprint density at radius 2 is 1.03 bits per heavy atom. The van der Waals surface area contributed by atoms with Crippen LogP contribution in [0.25, 0.3) is 0 Å². The van der Waals surface area contributed by atoms with Crippen molar-refractivity contribution in [3.05, 3.63) is 58.7 Å². The second-order valence-electron chi connectivity index (χ2n) is 8.97. The molecule has 0 aliphatic carbocycles. The summed E-state index contributed by atoms with van der Waals surface area (Å²) in [6.07, 6.45) is 4.01. The van der Waals surface area contributed by atoms with Crippen LogP contribution in [0, 0.1) is 0 Å². The Morgan fingerprint density at radius 3 is 1.39 bits per heavy atom. The van der Waals surface area contributed by atoms with Crippen LogP contribution in [-0.2, 0) is 13.1 Å². The van der Waals surface area contributed by atoms with Crippen molar-refractivity contribution in [1.29, 1.82) is 0 Å². The van der Waals surface area contributed by atoms with E-state index in [0.29, 0.717) is 63.2 Å². The Balaban J connectivity index is 1.77. The molecule has 0 bridgehead atoms. The molecule has 0 spiro atoms. The zero-order chi connectivity index (χ0) is 28.0. The van der Waals surface area contributed by atoms with Gasteiger partial charge in [-0.15, -0.1) is 0 Å². The fraction of sp³-hybridized carbons (Fsp3) is 0.417. The first kappa shape index (κ1) is 31.7. The van der Waals surface area contributed by atoms with Gasteiger partial charge in [0.2, 0.25) is 0 Å². The molecule has 0 saturated carbocycles. The van der Waals surface area contributed by atoms with Gasteiger partial charge < -0.3 is 49.6 Å². The Kier molecular flexibility index (Phi) is 13.2. The molecule has 0 aliphatic heterocycles. The molecular weight excluding hydrogens is 528 g/mol. The zero-order valence-corrected chi connectivity index (χ0v) is 23.2. The molecule has 14 heteroatoms. The Labute approximate surface area is 224 Å². The van der Waals surface area contributed by atoms with E-state index in [-0.39, 0.29) is 23.6 Å². The van der Waals surface area contributed by atoms with Gasteiger partial charge in [0.05, 0.1) is 13.1 Å². The summed E-state index contributed by atoms with van der Waals surface area (Å²) >= 11 is 0. The first-order chi connectivity index (χ1) is 17.9.